The molecular formula is C25H29N3O3. The van der Waals surface area contributed by atoms with E-state index in [1.807, 2.05) is 62.1 Å². The monoisotopic (exact) mass is 419 g/mol. The van der Waals surface area contributed by atoms with Crippen molar-refractivity contribution in [2.45, 2.75) is 33.3 Å². The van der Waals surface area contributed by atoms with Gasteiger partial charge in [0.25, 0.3) is 11.8 Å². The van der Waals surface area contributed by atoms with Crippen LogP contribution < -0.4 is 4.74 Å². The molecule has 0 saturated heterocycles. The van der Waals surface area contributed by atoms with Gasteiger partial charge >= 0.3 is 0 Å². The Morgan fingerprint density at radius 1 is 1.10 bits per heavy atom. The van der Waals surface area contributed by atoms with Crippen molar-refractivity contribution in [1.82, 2.24) is 14.8 Å². The predicted molar refractivity (Wildman–Crippen MR) is 121 cm³/mol. The molecule has 0 unspecified atom stereocenters. The number of likely N-dealkylation sites (N-methyl/N-ethyl adjacent to an activating group) is 1. The predicted octanol–water partition coefficient (Wildman–Crippen LogP) is 3.70. The number of aromatic nitrogens is 1. The van der Waals surface area contributed by atoms with Gasteiger partial charge in [-0.15, -0.1) is 6.58 Å². The van der Waals surface area contributed by atoms with Crippen LogP contribution in [0.25, 0.3) is 5.57 Å². The molecule has 1 aromatic carbocycles. The van der Waals surface area contributed by atoms with Gasteiger partial charge < -0.3 is 9.64 Å². The van der Waals surface area contributed by atoms with Gasteiger partial charge in [0, 0.05) is 32.0 Å². The molecule has 6 nitrogen and oxygen atoms in total. The standard InChI is InChI=1S/C25H29N3O3/c1-5-16-28-24(29)22(20-7-9-21(10-8-20)31-18(3)4)23(25(28)30)27(6-2)17-13-19-11-14-26-15-12-19/h5,7-12,14-15,18H,1,6,13,16-17H2,2-4H3. The smallest absolute Gasteiger partial charge is 0.278 e. The zero-order chi connectivity index (χ0) is 22.4. The van der Waals surface area contributed by atoms with Crippen molar-refractivity contribution in [3.63, 3.8) is 0 Å². The van der Waals surface area contributed by atoms with Crippen molar-refractivity contribution in [1.29, 1.82) is 0 Å². The zero-order valence-corrected chi connectivity index (χ0v) is 18.4. The number of carbonyl (C=O) groups excluding carboxylic acids is 2. The van der Waals surface area contributed by atoms with E-state index in [9.17, 15) is 9.59 Å². The molecule has 3 rings (SSSR count). The summed E-state index contributed by atoms with van der Waals surface area (Å²) in [5.74, 6) is 0.157. The highest BCUT2D eigenvalue weighted by Crippen LogP contribution is 2.32. The van der Waals surface area contributed by atoms with Gasteiger partial charge in [-0.25, -0.2) is 0 Å². The summed E-state index contributed by atoms with van der Waals surface area (Å²) >= 11 is 0. The van der Waals surface area contributed by atoms with Crippen LogP contribution in [0.5, 0.6) is 5.75 Å². The molecule has 1 aliphatic heterocycles. The topological polar surface area (TPSA) is 62.7 Å². The molecule has 1 aliphatic rings. The maximum Gasteiger partial charge on any atom is 0.278 e. The van der Waals surface area contributed by atoms with E-state index in [1.165, 1.54) is 4.90 Å². The second-order valence-electron chi connectivity index (χ2n) is 7.61. The summed E-state index contributed by atoms with van der Waals surface area (Å²) in [4.78, 5) is 33.7. The van der Waals surface area contributed by atoms with Gasteiger partial charge in [0.05, 0.1) is 11.7 Å². The molecule has 2 amide bonds. The molecule has 6 heteroatoms. The van der Waals surface area contributed by atoms with E-state index in [4.69, 9.17) is 4.74 Å². The van der Waals surface area contributed by atoms with Gasteiger partial charge in [-0.2, -0.15) is 0 Å². The third kappa shape index (κ3) is 5.02. The Morgan fingerprint density at radius 2 is 1.77 bits per heavy atom. The lowest BCUT2D eigenvalue weighted by atomic mass is 10.0. The quantitative estimate of drug-likeness (QED) is 0.434. The van der Waals surface area contributed by atoms with Crippen molar-refractivity contribution in [2.24, 2.45) is 0 Å². The first kappa shape index (κ1) is 22.3. The summed E-state index contributed by atoms with van der Waals surface area (Å²) in [6.45, 7) is 11.0. The van der Waals surface area contributed by atoms with Crippen LogP contribution >= 0.6 is 0 Å². The Hall–Kier alpha value is -3.41. The molecule has 0 N–H and O–H groups in total. The van der Waals surface area contributed by atoms with Gasteiger partial charge in [-0.05, 0) is 62.6 Å². The molecule has 0 bridgehead atoms. The Balaban J connectivity index is 1.96. The van der Waals surface area contributed by atoms with Crippen LogP contribution in [0.4, 0.5) is 0 Å². The van der Waals surface area contributed by atoms with Crippen molar-refractivity contribution in [3.8, 4) is 5.75 Å². The molecule has 0 saturated carbocycles. The minimum Gasteiger partial charge on any atom is -0.491 e. The average molecular weight is 420 g/mol. The summed E-state index contributed by atoms with van der Waals surface area (Å²) in [7, 11) is 0. The molecule has 0 radical (unpaired) electrons. The largest absolute Gasteiger partial charge is 0.491 e. The Labute approximate surface area is 183 Å². The third-order valence-corrected chi connectivity index (χ3v) is 5.09. The molecule has 1 aromatic heterocycles. The lowest BCUT2D eigenvalue weighted by Crippen LogP contribution is -2.36. The summed E-state index contributed by atoms with van der Waals surface area (Å²) in [6.07, 6.45) is 5.89. The third-order valence-electron chi connectivity index (χ3n) is 5.09. The number of hydrogen-bond acceptors (Lipinski definition) is 5. The van der Waals surface area contributed by atoms with Gasteiger partial charge in [0.15, 0.2) is 0 Å². The second kappa shape index (κ2) is 10.1. The van der Waals surface area contributed by atoms with Gasteiger partial charge in [-0.1, -0.05) is 18.2 Å². The Morgan fingerprint density at radius 3 is 2.35 bits per heavy atom. The molecule has 162 valence electrons. The number of benzene rings is 1. The fraction of sp³-hybridized carbons (Fsp3) is 0.320. The number of nitrogens with zero attached hydrogens (tertiary/aromatic N) is 3. The van der Waals surface area contributed by atoms with E-state index in [1.54, 1.807) is 18.5 Å². The van der Waals surface area contributed by atoms with Crippen LogP contribution in [-0.4, -0.2) is 52.3 Å². The van der Waals surface area contributed by atoms with Crippen LogP contribution in [0.2, 0.25) is 0 Å². The van der Waals surface area contributed by atoms with E-state index in [0.717, 1.165) is 17.7 Å². The highest BCUT2D eigenvalue weighted by Gasteiger charge is 2.40. The molecular weight excluding hydrogens is 390 g/mol. The van der Waals surface area contributed by atoms with Crippen LogP contribution in [0.1, 0.15) is 31.9 Å². The van der Waals surface area contributed by atoms with Crippen LogP contribution in [0, 0.1) is 0 Å². The number of imide groups is 1. The molecule has 0 spiro atoms. The molecule has 0 atom stereocenters. The maximum absolute atomic E-state index is 13.2. The summed E-state index contributed by atoms with van der Waals surface area (Å²) in [5.41, 5.74) is 2.71. The number of carbonyl (C=O) groups is 2. The fourth-order valence-corrected chi connectivity index (χ4v) is 3.63. The first-order valence-electron chi connectivity index (χ1n) is 10.6. The highest BCUT2D eigenvalue weighted by atomic mass is 16.5. The van der Waals surface area contributed by atoms with E-state index in [2.05, 4.69) is 11.6 Å². The van der Waals surface area contributed by atoms with Crippen LogP contribution in [-0.2, 0) is 16.0 Å². The van der Waals surface area contributed by atoms with Gasteiger partial charge in [-0.3, -0.25) is 19.5 Å². The van der Waals surface area contributed by atoms with E-state index in [-0.39, 0.29) is 24.5 Å². The van der Waals surface area contributed by atoms with Crippen molar-refractivity contribution >= 4 is 17.4 Å². The fourth-order valence-electron chi connectivity index (χ4n) is 3.63. The van der Waals surface area contributed by atoms with Crippen molar-refractivity contribution < 1.29 is 14.3 Å². The summed E-state index contributed by atoms with van der Waals surface area (Å²) < 4.78 is 5.72. The first-order chi connectivity index (χ1) is 15.0. The minimum absolute atomic E-state index is 0.0576. The maximum atomic E-state index is 13.2. The minimum atomic E-state index is -0.292. The molecule has 31 heavy (non-hydrogen) atoms. The Bertz CT molecular complexity index is 965. The molecule has 0 fully saturated rings. The van der Waals surface area contributed by atoms with Crippen LogP contribution in [0.15, 0.2) is 67.1 Å². The van der Waals surface area contributed by atoms with Gasteiger partial charge in [0.1, 0.15) is 11.4 Å². The normalized spacial score (nSPS) is 13.9. The average Bonchev–Trinajstić information content (AvgIpc) is 3.00. The molecule has 0 aliphatic carbocycles. The summed E-state index contributed by atoms with van der Waals surface area (Å²) in [6, 6.07) is 11.3. The number of hydrogen-bond donors (Lipinski definition) is 0. The number of pyridine rings is 1. The number of amides is 2. The number of rotatable bonds is 10. The highest BCUT2D eigenvalue weighted by molar-refractivity contribution is 6.35. The lowest BCUT2D eigenvalue weighted by Gasteiger charge is -2.24. The zero-order valence-electron chi connectivity index (χ0n) is 18.4. The molecule has 2 heterocycles. The van der Waals surface area contributed by atoms with Crippen LogP contribution in [0.3, 0.4) is 0 Å². The number of ether oxygens (including phenoxy) is 1. The van der Waals surface area contributed by atoms with E-state index < -0.39 is 0 Å². The molecule has 2 aromatic rings. The Kier molecular flexibility index (Phi) is 7.23. The second-order valence-corrected chi connectivity index (χ2v) is 7.61. The van der Waals surface area contributed by atoms with Crippen molar-refractivity contribution in [3.05, 3.63) is 78.3 Å². The first-order valence-corrected chi connectivity index (χ1v) is 10.6. The SMILES string of the molecule is C=CCN1C(=O)C(c2ccc(OC(C)C)cc2)=C(N(CC)CCc2ccncc2)C1=O. The van der Waals surface area contributed by atoms with E-state index in [0.29, 0.717) is 29.9 Å². The van der Waals surface area contributed by atoms with Gasteiger partial charge in [0.2, 0.25) is 0 Å². The van der Waals surface area contributed by atoms with Crippen molar-refractivity contribution in [2.75, 3.05) is 19.6 Å². The lowest BCUT2D eigenvalue weighted by molar-refractivity contribution is -0.136. The summed E-state index contributed by atoms with van der Waals surface area (Å²) in [5, 5.41) is 0. The van der Waals surface area contributed by atoms with E-state index >= 15 is 0 Å².